The molecule has 0 saturated carbocycles. The summed E-state index contributed by atoms with van der Waals surface area (Å²) in [4.78, 5) is 0. The summed E-state index contributed by atoms with van der Waals surface area (Å²) in [5.74, 6) is 0. The minimum absolute atomic E-state index is 0.925. The highest BCUT2D eigenvalue weighted by atomic mass is 15.1. The van der Waals surface area contributed by atoms with Gasteiger partial charge in [-0.1, -0.05) is 25.1 Å². The zero-order chi connectivity index (χ0) is 8.39. The molecular formula is C10H9N2. The molecule has 0 bridgehead atoms. The third-order valence-corrected chi connectivity index (χ3v) is 1.81. The van der Waals surface area contributed by atoms with Crippen molar-refractivity contribution in [1.29, 1.82) is 0 Å². The molecule has 0 atom stereocenters. The van der Waals surface area contributed by atoms with Crippen molar-refractivity contribution in [2.45, 2.75) is 6.92 Å². The van der Waals surface area contributed by atoms with E-state index >= 15 is 0 Å². The number of rotatable bonds is 1. The second kappa shape index (κ2) is 2.89. The lowest BCUT2D eigenvalue weighted by Gasteiger charge is -1.96. The Hall–Kier alpha value is -1.44. The van der Waals surface area contributed by atoms with Crippen molar-refractivity contribution in [2.75, 3.05) is 0 Å². The van der Waals surface area contributed by atoms with E-state index in [1.54, 1.807) is 0 Å². The van der Waals surface area contributed by atoms with Crippen LogP contribution in [0.15, 0.2) is 30.3 Å². The zero-order valence-electron chi connectivity index (χ0n) is 6.86. The van der Waals surface area contributed by atoms with Gasteiger partial charge < -0.3 is 0 Å². The minimum atomic E-state index is 0.925. The lowest BCUT2D eigenvalue weighted by molar-refractivity contribution is 1.02. The quantitative estimate of drug-likeness (QED) is 0.634. The van der Waals surface area contributed by atoms with Gasteiger partial charge in [-0.3, -0.25) is 0 Å². The fourth-order valence-electron chi connectivity index (χ4n) is 1.14. The van der Waals surface area contributed by atoms with Crippen LogP contribution in [0, 0.1) is 6.42 Å². The van der Waals surface area contributed by atoms with Gasteiger partial charge in [0.15, 0.2) is 0 Å². The van der Waals surface area contributed by atoms with Crippen LogP contribution in [0.4, 0.5) is 0 Å². The molecule has 1 aromatic heterocycles. The summed E-state index contributed by atoms with van der Waals surface area (Å²) in [5.41, 5.74) is 1.87. The third kappa shape index (κ3) is 1.16. The van der Waals surface area contributed by atoms with Crippen molar-refractivity contribution in [3.63, 3.8) is 0 Å². The monoisotopic (exact) mass is 157 g/mol. The highest BCUT2D eigenvalue weighted by Gasteiger charge is 1.95. The molecule has 1 radical (unpaired) electrons. The predicted octanol–water partition coefficient (Wildman–Crippen LogP) is 2.20. The Balaban J connectivity index is 2.67. The lowest BCUT2D eigenvalue weighted by atomic mass is 10.2. The number of hydrogen-bond acceptors (Lipinski definition) is 2. The largest absolute Gasteiger partial charge is 0.155 e. The summed E-state index contributed by atoms with van der Waals surface area (Å²) in [6.07, 6.45) is 1.94. The first kappa shape index (κ1) is 7.22. The second-order valence-corrected chi connectivity index (χ2v) is 2.62. The summed E-state index contributed by atoms with van der Waals surface area (Å²) in [6.45, 7) is 1.96. The summed E-state index contributed by atoms with van der Waals surface area (Å²) in [5, 5.41) is 9.23. The standard InChI is InChI=1S/C10H9N2/c1-2-9-7-8-5-3-4-6-10(8)12-11-9/h2-7H,1H3. The Kier molecular flexibility index (Phi) is 1.74. The molecule has 0 saturated heterocycles. The van der Waals surface area contributed by atoms with E-state index in [-0.39, 0.29) is 0 Å². The van der Waals surface area contributed by atoms with Crippen LogP contribution in [-0.4, -0.2) is 10.2 Å². The number of fused-ring (bicyclic) bond motifs is 1. The Morgan fingerprint density at radius 1 is 1.17 bits per heavy atom. The van der Waals surface area contributed by atoms with Gasteiger partial charge in [0.05, 0.1) is 11.2 Å². The first-order valence-corrected chi connectivity index (χ1v) is 3.92. The van der Waals surface area contributed by atoms with E-state index in [0.29, 0.717) is 0 Å². The van der Waals surface area contributed by atoms with Crippen LogP contribution in [-0.2, 0) is 0 Å². The van der Waals surface area contributed by atoms with E-state index in [2.05, 4.69) is 10.2 Å². The molecule has 2 nitrogen and oxygen atoms in total. The van der Waals surface area contributed by atoms with Crippen LogP contribution < -0.4 is 0 Å². The van der Waals surface area contributed by atoms with Gasteiger partial charge in [0.2, 0.25) is 0 Å². The van der Waals surface area contributed by atoms with Gasteiger partial charge in [-0.25, -0.2) is 0 Å². The average Bonchev–Trinajstić information content (AvgIpc) is 2.17. The molecule has 12 heavy (non-hydrogen) atoms. The SMILES string of the molecule is C[CH]c1cc2ccccc2nn1. The highest BCUT2D eigenvalue weighted by molar-refractivity contribution is 5.78. The summed E-state index contributed by atoms with van der Waals surface area (Å²) >= 11 is 0. The van der Waals surface area contributed by atoms with Crippen molar-refractivity contribution in [3.8, 4) is 0 Å². The molecule has 1 heterocycles. The molecule has 59 valence electrons. The first-order chi connectivity index (χ1) is 5.90. The zero-order valence-corrected chi connectivity index (χ0v) is 6.86. The van der Waals surface area contributed by atoms with Crippen LogP contribution in [0.25, 0.3) is 10.9 Å². The van der Waals surface area contributed by atoms with Gasteiger partial charge in [-0.2, -0.15) is 10.2 Å². The number of nitrogens with zero attached hydrogens (tertiary/aromatic N) is 2. The predicted molar refractivity (Wildman–Crippen MR) is 48.6 cm³/mol. The van der Waals surface area contributed by atoms with E-state index in [4.69, 9.17) is 0 Å². The van der Waals surface area contributed by atoms with Gasteiger partial charge in [0.25, 0.3) is 0 Å². The fraction of sp³-hybridized carbons (Fsp3) is 0.100. The maximum Gasteiger partial charge on any atom is 0.0929 e. The van der Waals surface area contributed by atoms with Gasteiger partial charge in [0.1, 0.15) is 0 Å². The van der Waals surface area contributed by atoms with Gasteiger partial charge in [0, 0.05) is 11.8 Å². The molecule has 2 heteroatoms. The van der Waals surface area contributed by atoms with E-state index < -0.39 is 0 Å². The van der Waals surface area contributed by atoms with E-state index in [0.717, 1.165) is 16.6 Å². The van der Waals surface area contributed by atoms with Crippen LogP contribution in [0.5, 0.6) is 0 Å². The van der Waals surface area contributed by atoms with Crippen LogP contribution in [0.3, 0.4) is 0 Å². The average molecular weight is 157 g/mol. The molecule has 0 fully saturated rings. The van der Waals surface area contributed by atoms with E-state index in [1.807, 2.05) is 43.7 Å². The Labute approximate surface area is 71.3 Å². The highest BCUT2D eigenvalue weighted by Crippen LogP contribution is 2.10. The molecule has 0 aliphatic rings. The van der Waals surface area contributed by atoms with Gasteiger partial charge >= 0.3 is 0 Å². The topological polar surface area (TPSA) is 25.8 Å². The van der Waals surface area contributed by atoms with Crippen molar-refractivity contribution >= 4 is 10.9 Å². The Morgan fingerprint density at radius 2 is 2.00 bits per heavy atom. The molecule has 2 aromatic rings. The molecule has 0 unspecified atom stereocenters. The smallest absolute Gasteiger partial charge is 0.0929 e. The Morgan fingerprint density at radius 3 is 2.83 bits per heavy atom. The van der Waals surface area contributed by atoms with E-state index in [9.17, 15) is 0 Å². The Bertz CT molecular complexity index is 396. The molecule has 1 aromatic carbocycles. The summed E-state index contributed by atoms with van der Waals surface area (Å²) in [6, 6.07) is 10.00. The molecule has 2 rings (SSSR count). The second-order valence-electron chi connectivity index (χ2n) is 2.62. The molecule has 0 aliphatic carbocycles. The molecule has 0 aliphatic heterocycles. The van der Waals surface area contributed by atoms with Crippen molar-refractivity contribution in [3.05, 3.63) is 42.4 Å². The first-order valence-electron chi connectivity index (χ1n) is 3.92. The molecule has 0 spiro atoms. The van der Waals surface area contributed by atoms with Gasteiger partial charge in [-0.15, -0.1) is 0 Å². The van der Waals surface area contributed by atoms with Crippen LogP contribution in [0.2, 0.25) is 0 Å². The number of aromatic nitrogens is 2. The lowest BCUT2D eigenvalue weighted by Crippen LogP contribution is -1.89. The van der Waals surface area contributed by atoms with Crippen molar-refractivity contribution < 1.29 is 0 Å². The van der Waals surface area contributed by atoms with Crippen molar-refractivity contribution in [2.24, 2.45) is 0 Å². The number of hydrogen-bond donors (Lipinski definition) is 0. The normalized spacial score (nSPS) is 10.4. The maximum atomic E-state index is 4.07. The minimum Gasteiger partial charge on any atom is -0.155 e. The summed E-state index contributed by atoms with van der Waals surface area (Å²) in [7, 11) is 0. The summed E-state index contributed by atoms with van der Waals surface area (Å²) < 4.78 is 0. The molecule has 0 amide bonds. The van der Waals surface area contributed by atoms with Gasteiger partial charge in [-0.05, 0) is 12.1 Å². The van der Waals surface area contributed by atoms with Crippen molar-refractivity contribution in [1.82, 2.24) is 10.2 Å². The maximum absolute atomic E-state index is 4.07. The molecule has 0 N–H and O–H groups in total. The van der Waals surface area contributed by atoms with E-state index in [1.165, 1.54) is 0 Å². The number of benzene rings is 1. The third-order valence-electron chi connectivity index (χ3n) is 1.81. The van der Waals surface area contributed by atoms with Crippen LogP contribution >= 0.6 is 0 Å². The van der Waals surface area contributed by atoms with Crippen LogP contribution in [0.1, 0.15) is 12.6 Å². The molecular weight excluding hydrogens is 148 g/mol. The fourth-order valence-corrected chi connectivity index (χ4v) is 1.14.